The zero-order valence-electron chi connectivity index (χ0n) is 12.4. The molecule has 0 rings (SSSR count). The van der Waals surface area contributed by atoms with Crippen LogP contribution in [0.3, 0.4) is 0 Å². The zero-order valence-corrected chi connectivity index (χ0v) is 12.4. The third-order valence-corrected chi connectivity index (χ3v) is 2.98. The van der Waals surface area contributed by atoms with Crippen LogP contribution in [0, 0.1) is 0 Å². The van der Waals surface area contributed by atoms with E-state index in [2.05, 4.69) is 29.8 Å². The lowest BCUT2D eigenvalue weighted by molar-refractivity contribution is 0.390. The van der Waals surface area contributed by atoms with Gasteiger partial charge >= 0.3 is 0 Å². The largest absolute Gasteiger partial charge is 0.330 e. The molecule has 0 saturated carbocycles. The van der Waals surface area contributed by atoms with Gasteiger partial charge in [0.15, 0.2) is 0 Å². The lowest BCUT2D eigenvalue weighted by Crippen LogP contribution is -2.43. The maximum absolute atomic E-state index is 5.44. The monoisotopic (exact) mass is 258 g/mol. The van der Waals surface area contributed by atoms with Crippen molar-refractivity contribution in [1.29, 1.82) is 0 Å². The van der Waals surface area contributed by atoms with E-state index in [1.807, 2.05) is 0 Å². The molecule has 0 spiro atoms. The maximum Gasteiger partial charge on any atom is 0.0571 e. The highest BCUT2D eigenvalue weighted by Gasteiger charge is 2.04. The van der Waals surface area contributed by atoms with Crippen molar-refractivity contribution in [3.8, 4) is 0 Å². The molecule has 0 aromatic rings. The summed E-state index contributed by atoms with van der Waals surface area (Å²) in [5.74, 6) is 0. The van der Waals surface area contributed by atoms with Crippen LogP contribution in [0.2, 0.25) is 0 Å². The fourth-order valence-electron chi connectivity index (χ4n) is 1.86. The van der Waals surface area contributed by atoms with Crippen LogP contribution in [0.25, 0.3) is 0 Å². The van der Waals surface area contributed by atoms with E-state index in [1.165, 1.54) is 32.1 Å². The number of unbranched alkanes of at least 4 members (excludes halogenated alkanes) is 1. The molecule has 0 radical (unpaired) electrons. The second-order valence-electron chi connectivity index (χ2n) is 4.85. The normalized spacial score (nSPS) is 12.8. The van der Waals surface area contributed by atoms with E-state index in [1.54, 1.807) is 0 Å². The van der Waals surface area contributed by atoms with Crippen molar-refractivity contribution in [2.75, 3.05) is 32.7 Å². The van der Waals surface area contributed by atoms with E-state index in [0.29, 0.717) is 6.17 Å². The van der Waals surface area contributed by atoms with Gasteiger partial charge in [-0.2, -0.15) is 0 Å². The summed E-state index contributed by atoms with van der Waals surface area (Å²) in [5.41, 5.74) is 5.44. The van der Waals surface area contributed by atoms with Gasteiger partial charge in [-0.05, 0) is 58.4 Å². The molecule has 0 aliphatic carbocycles. The standard InChI is InChI=1S/C14H34N4/c1-3-5-12-17-14(8-4-2)18-13-7-11-16-10-6-9-15/h14,16-18H,3-13,15H2,1-2H3. The van der Waals surface area contributed by atoms with Crippen molar-refractivity contribution in [3.05, 3.63) is 0 Å². The highest BCUT2D eigenvalue weighted by Crippen LogP contribution is 1.94. The molecule has 0 aliphatic heterocycles. The average molecular weight is 258 g/mol. The molecule has 0 aromatic heterocycles. The minimum Gasteiger partial charge on any atom is -0.330 e. The van der Waals surface area contributed by atoms with Crippen molar-refractivity contribution in [2.24, 2.45) is 5.73 Å². The van der Waals surface area contributed by atoms with Gasteiger partial charge in [-0.15, -0.1) is 0 Å². The summed E-state index contributed by atoms with van der Waals surface area (Å²) in [5, 5.41) is 10.6. The van der Waals surface area contributed by atoms with Gasteiger partial charge < -0.3 is 21.7 Å². The van der Waals surface area contributed by atoms with Crippen LogP contribution in [0.15, 0.2) is 0 Å². The molecule has 1 atom stereocenters. The number of nitrogens with one attached hydrogen (secondary N) is 3. The fourth-order valence-corrected chi connectivity index (χ4v) is 1.86. The Kier molecular flexibility index (Phi) is 14.8. The van der Waals surface area contributed by atoms with E-state index in [0.717, 1.165) is 39.1 Å². The van der Waals surface area contributed by atoms with Gasteiger partial charge in [0, 0.05) is 0 Å². The summed E-state index contributed by atoms with van der Waals surface area (Å²) in [4.78, 5) is 0. The first-order chi connectivity index (χ1) is 8.85. The van der Waals surface area contributed by atoms with Crippen LogP contribution in [0.1, 0.15) is 52.4 Å². The van der Waals surface area contributed by atoms with Crippen molar-refractivity contribution >= 4 is 0 Å². The lowest BCUT2D eigenvalue weighted by atomic mass is 10.2. The molecule has 0 fully saturated rings. The molecular formula is C14H34N4. The molecule has 0 heterocycles. The summed E-state index contributed by atoms with van der Waals surface area (Å²) in [6, 6.07) is 0. The molecule has 0 aliphatic rings. The maximum atomic E-state index is 5.44. The molecule has 1 unspecified atom stereocenters. The van der Waals surface area contributed by atoms with E-state index >= 15 is 0 Å². The van der Waals surface area contributed by atoms with Gasteiger partial charge in [-0.25, -0.2) is 0 Å². The average Bonchev–Trinajstić information content (AvgIpc) is 2.38. The van der Waals surface area contributed by atoms with Crippen LogP contribution < -0.4 is 21.7 Å². The Morgan fingerprint density at radius 1 is 0.833 bits per heavy atom. The zero-order chi connectivity index (χ0) is 13.5. The number of hydrogen-bond donors (Lipinski definition) is 4. The Morgan fingerprint density at radius 3 is 2.11 bits per heavy atom. The van der Waals surface area contributed by atoms with Crippen molar-refractivity contribution in [3.63, 3.8) is 0 Å². The van der Waals surface area contributed by atoms with Crippen LogP contribution in [0.5, 0.6) is 0 Å². The molecule has 18 heavy (non-hydrogen) atoms. The van der Waals surface area contributed by atoms with Crippen molar-refractivity contribution < 1.29 is 0 Å². The summed E-state index contributed by atoms with van der Waals surface area (Å²) in [7, 11) is 0. The third kappa shape index (κ3) is 12.3. The molecule has 0 bridgehead atoms. The Bertz CT molecular complexity index is 153. The van der Waals surface area contributed by atoms with Gasteiger partial charge in [0.05, 0.1) is 6.17 Å². The topological polar surface area (TPSA) is 62.1 Å². The third-order valence-electron chi connectivity index (χ3n) is 2.98. The number of nitrogens with two attached hydrogens (primary N) is 1. The van der Waals surface area contributed by atoms with Crippen LogP contribution in [-0.4, -0.2) is 38.9 Å². The molecule has 110 valence electrons. The first-order valence-corrected chi connectivity index (χ1v) is 7.72. The molecule has 4 nitrogen and oxygen atoms in total. The summed E-state index contributed by atoms with van der Waals surface area (Å²) in [6.45, 7) is 9.60. The van der Waals surface area contributed by atoms with E-state index < -0.39 is 0 Å². The van der Waals surface area contributed by atoms with Crippen LogP contribution in [-0.2, 0) is 0 Å². The molecule has 0 amide bonds. The van der Waals surface area contributed by atoms with Gasteiger partial charge in [0.2, 0.25) is 0 Å². The second-order valence-corrected chi connectivity index (χ2v) is 4.85. The quantitative estimate of drug-likeness (QED) is 0.281. The van der Waals surface area contributed by atoms with Crippen molar-refractivity contribution in [1.82, 2.24) is 16.0 Å². The summed E-state index contributed by atoms with van der Waals surface area (Å²) < 4.78 is 0. The van der Waals surface area contributed by atoms with Gasteiger partial charge in [-0.1, -0.05) is 26.7 Å². The Morgan fingerprint density at radius 2 is 1.50 bits per heavy atom. The molecule has 0 aromatic carbocycles. The molecule has 5 N–H and O–H groups in total. The predicted molar refractivity (Wildman–Crippen MR) is 80.8 cm³/mol. The molecule has 0 saturated heterocycles. The summed E-state index contributed by atoms with van der Waals surface area (Å²) >= 11 is 0. The smallest absolute Gasteiger partial charge is 0.0571 e. The Hall–Kier alpha value is -0.160. The number of hydrogen-bond acceptors (Lipinski definition) is 4. The Balaban J connectivity index is 3.39. The van der Waals surface area contributed by atoms with Gasteiger partial charge in [0.1, 0.15) is 0 Å². The molecular weight excluding hydrogens is 224 g/mol. The minimum absolute atomic E-state index is 0.491. The van der Waals surface area contributed by atoms with Gasteiger partial charge in [0.25, 0.3) is 0 Å². The van der Waals surface area contributed by atoms with Gasteiger partial charge in [-0.3, -0.25) is 0 Å². The lowest BCUT2D eigenvalue weighted by Gasteiger charge is -2.19. The van der Waals surface area contributed by atoms with Crippen molar-refractivity contribution in [2.45, 2.75) is 58.5 Å². The SMILES string of the molecule is CCCCNC(CCC)NCCCNCCCN. The fraction of sp³-hybridized carbons (Fsp3) is 1.00. The molecule has 4 heteroatoms. The predicted octanol–water partition coefficient (Wildman–Crippen LogP) is 1.42. The minimum atomic E-state index is 0.491. The highest BCUT2D eigenvalue weighted by molar-refractivity contribution is 4.64. The Labute approximate surface area is 113 Å². The van der Waals surface area contributed by atoms with E-state index in [-0.39, 0.29) is 0 Å². The second kappa shape index (κ2) is 14.9. The first-order valence-electron chi connectivity index (χ1n) is 7.72. The first kappa shape index (κ1) is 17.8. The van der Waals surface area contributed by atoms with Crippen LogP contribution >= 0.6 is 0 Å². The summed E-state index contributed by atoms with van der Waals surface area (Å²) in [6.07, 6.45) is 7.71. The highest BCUT2D eigenvalue weighted by atomic mass is 15.1. The number of rotatable bonds is 14. The van der Waals surface area contributed by atoms with E-state index in [9.17, 15) is 0 Å². The van der Waals surface area contributed by atoms with Crippen LogP contribution in [0.4, 0.5) is 0 Å². The van der Waals surface area contributed by atoms with E-state index in [4.69, 9.17) is 5.73 Å².